The van der Waals surface area contributed by atoms with Crippen LogP contribution in [0.3, 0.4) is 0 Å². The maximum absolute atomic E-state index is 11.1. The van der Waals surface area contributed by atoms with E-state index in [9.17, 15) is 4.79 Å². The van der Waals surface area contributed by atoms with E-state index in [1.807, 2.05) is 24.4 Å². The predicted molar refractivity (Wildman–Crippen MR) is 53.0 cm³/mol. The fourth-order valence-electron chi connectivity index (χ4n) is 1.34. The van der Waals surface area contributed by atoms with Gasteiger partial charge in [-0.1, -0.05) is 6.07 Å². The molecule has 4 heteroatoms. The van der Waals surface area contributed by atoms with Crippen molar-refractivity contribution in [2.45, 2.75) is 6.42 Å². The van der Waals surface area contributed by atoms with Gasteiger partial charge in [-0.25, -0.2) is 4.52 Å². The lowest BCUT2D eigenvalue weighted by molar-refractivity contribution is -0.119. The highest BCUT2D eigenvalue weighted by atomic mass is 16.1. The van der Waals surface area contributed by atoms with Gasteiger partial charge in [-0.05, 0) is 17.7 Å². The zero-order valence-electron chi connectivity index (χ0n) is 7.90. The number of nitrogens with zero attached hydrogens (tertiary/aromatic N) is 2. The lowest BCUT2D eigenvalue weighted by Crippen LogP contribution is -2.20. The number of nitrogens with one attached hydrogen (secondary N) is 1. The summed E-state index contributed by atoms with van der Waals surface area (Å²) in [5.41, 5.74) is 1.99. The zero-order valence-corrected chi connectivity index (χ0v) is 7.90. The van der Waals surface area contributed by atoms with Crippen molar-refractivity contribution in [3.63, 3.8) is 0 Å². The second-order valence-electron chi connectivity index (χ2n) is 3.09. The summed E-state index contributed by atoms with van der Waals surface area (Å²) in [5, 5.41) is 6.68. The van der Waals surface area contributed by atoms with E-state index in [-0.39, 0.29) is 5.91 Å². The smallest absolute Gasteiger partial charge is 0.224 e. The monoisotopic (exact) mass is 189 g/mol. The molecule has 2 rings (SSSR count). The molecule has 2 aromatic heterocycles. The molecule has 1 N–H and O–H groups in total. The third-order valence-electron chi connectivity index (χ3n) is 2.10. The highest BCUT2D eigenvalue weighted by Gasteiger charge is 2.01. The third kappa shape index (κ3) is 1.59. The third-order valence-corrected chi connectivity index (χ3v) is 2.10. The van der Waals surface area contributed by atoms with E-state index in [4.69, 9.17) is 0 Å². The molecule has 1 amide bonds. The maximum atomic E-state index is 11.1. The molecule has 0 saturated carbocycles. The molecule has 14 heavy (non-hydrogen) atoms. The maximum Gasteiger partial charge on any atom is 0.224 e. The van der Waals surface area contributed by atoms with Gasteiger partial charge in [0.05, 0.1) is 11.9 Å². The zero-order chi connectivity index (χ0) is 9.97. The molecule has 0 aromatic carbocycles. The number of amides is 1. The fourth-order valence-corrected chi connectivity index (χ4v) is 1.34. The van der Waals surface area contributed by atoms with Gasteiger partial charge in [0.1, 0.15) is 0 Å². The number of hydrogen-bond acceptors (Lipinski definition) is 2. The van der Waals surface area contributed by atoms with E-state index in [1.54, 1.807) is 17.8 Å². The Morgan fingerprint density at radius 1 is 1.50 bits per heavy atom. The van der Waals surface area contributed by atoms with Gasteiger partial charge >= 0.3 is 0 Å². The molecule has 0 spiro atoms. The van der Waals surface area contributed by atoms with Crippen molar-refractivity contribution in [3.8, 4) is 0 Å². The van der Waals surface area contributed by atoms with Crippen LogP contribution in [0.15, 0.2) is 30.6 Å². The van der Waals surface area contributed by atoms with Gasteiger partial charge in [0.25, 0.3) is 0 Å². The Morgan fingerprint density at radius 3 is 3.14 bits per heavy atom. The Hall–Kier alpha value is -1.84. The van der Waals surface area contributed by atoms with Crippen molar-refractivity contribution in [1.29, 1.82) is 0 Å². The van der Waals surface area contributed by atoms with E-state index in [1.165, 1.54) is 0 Å². The Morgan fingerprint density at radius 2 is 2.36 bits per heavy atom. The van der Waals surface area contributed by atoms with Crippen LogP contribution in [0, 0.1) is 0 Å². The molecule has 72 valence electrons. The van der Waals surface area contributed by atoms with Crippen LogP contribution in [0.25, 0.3) is 5.52 Å². The van der Waals surface area contributed by atoms with Gasteiger partial charge in [-0.15, -0.1) is 0 Å². The summed E-state index contributed by atoms with van der Waals surface area (Å²) in [6.45, 7) is 0. The van der Waals surface area contributed by atoms with Crippen molar-refractivity contribution < 1.29 is 4.79 Å². The Bertz CT molecular complexity index is 461. The molecule has 2 aromatic rings. The van der Waals surface area contributed by atoms with E-state index < -0.39 is 0 Å². The molecule has 0 unspecified atom stereocenters. The number of fused-ring (bicyclic) bond motifs is 1. The first kappa shape index (κ1) is 8.74. The molecule has 0 aliphatic heterocycles. The quantitative estimate of drug-likeness (QED) is 0.752. The van der Waals surface area contributed by atoms with Crippen molar-refractivity contribution in [2.75, 3.05) is 7.05 Å². The molecule has 2 heterocycles. The molecule has 0 saturated heterocycles. The molecular weight excluding hydrogens is 178 g/mol. The molecule has 4 nitrogen and oxygen atoms in total. The number of carbonyl (C=O) groups excluding carboxylic acids is 1. The van der Waals surface area contributed by atoms with Gasteiger partial charge < -0.3 is 5.32 Å². The Kier molecular flexibility index (Phi) is 2.18. The van der Waals surface area contributed by atoms with Crippen LogP contribution in [0.1, 0.15) is 5.56 Å². The minimum Gasteiger partial charge on any atom is -0.359 e. The number of rotatable bonds is 2. The van der Waals surface area contributed by atoms with E-state index in [0.29, 0.717) is 6.42 Å². The summed E-state index contributed by atoms with van der Waals surface area (Å²) in [6, 6.07) is 5.81. The molecular formula is C10H11N3O. The molecule has 0 bridgehead atoms. The normalized spacial score (nSPS) is 10.4. The highest BCUT2D eigenvalue weighted by molar-refractivity contribution is 5.78. The van der Waals surface area contributed by atoms with Crippen LogP contribution in [0.4, 0.5) is 0 Å². The fraction of sp³-hybridized carbons (Fsp3) is 0.200. The first-order valence-electron chi connectivity index (χ1n) is 4.42. The van der Waals surface area contributed by atoms with Gasteiger partial charge in [-0.2, -0.15) is 5.10 Å². The lowest BCUT2D eigenvalue weighted by Gasteiger charge is -2.00. The van der Waals surface area contributed by atoms with E-state index in [2.05, 4.69) is 10.4 Å². The number of carbonyl (C=O) groups is 1. The lowest BCUT2D eigenvalue weighted by atomic mass is 10.2. The summed E-state index contributed by atoms with van der Waals surface area (Å²) < 4.78 is 1.76. The Labute approximate surface area is 81.5 Å². The summed E-state index contributed by atoms with van der Waals surface area (Å²) >= 11 is 0. The van der Waals surface area contributed by atoms with Crippen LogP contribution in [-0.4, -0.2) is 22.6 Å². The van der Waals surface area contributed by atoms with Crippen molar-refractivity contribution in [2.24, 2.45) is 0 Å². The molecule has 0 aliphatic carbocycles. The topological polar surface area (TPSA) is 46.4 Å². The SMILES string of the molecule is CNC(=O)Cc1ccc2ccnn2c1. The average Bonchev–Trinajstić information content (AvgIpc) is 2.64. The number of pyridine rings is 1. The van der Waals surface area contributed by atoms with Crippen molar-refractivity contribution >= 4 is 11.4 Å². The number of likely N-dealkylation sites (N-methyl/N-ethyl adjacent to an activating group) is 1. The standard InChI is InChI=1S/C10H11N3O/c1-11-10(14)6-8-2-3-9-4-5-12-13(9)7-8/h2-5,7H,6H2,1H3,(H,11,14). The summed E-state index contributed by atoms with van der Waals surface area (Å²) in [7, 11) is 1.63. The van der Waals surface area contributed by atoms with E-state index >= 15 is 0 Å². The molecule has 0 fully saturated rings. The second kappa shape index (κ2) is 3.49. The average molecular weight is 189 g/mol. The highest BCUT2D eigenvalue weighted by Crippen LogP contribution is 2.05. The summed E-state index contributed by atoms with van der Waals surface area (Å²) in [5.74, 6) is 0.0107. The second-order valence-corrected chi connectivity index (χ2v) is 3.09. The van der Waals surface area contributed by atoms with Crippen LogP contribution in [0.2, 0.25) is 0 Å². The molecule has 0 aliphatic rings. The number of hydrogen-bond donors (Lipinski definition) is 1. The van der Waals surface area contributed by atoms with Gasteiger partial charge in [0.15, 0.2) is 0 Å². The number of aromatic nitrogens is 2. The van der Waals surface area contributed by atoms with Gasteiger partial charge in [0.2, 0.25) is 5.91 Å². The molecule has 0 atom stereocenters. The predicted octanol–water partition coefficient (Wildman–Crippen LogP) is 0.623. The van der Waals surface area contributed by atoms with Gasteiger partial charge in [0, 0.05) is 19.4 Å². The minimum atomic E-state index is 0.0107. The van der Waals surface area contributed by atoms with E-state index in [0.717, 1.165) is 11.1 Å². The van der Waals surface area contributed by atoms with Gasteiger partial charge in [-0.3, -0.25) is 4.79 Å². The minimum absolute atomic E-state index is 0.0107. The van der Waals surface area contributed by atoms with Crippen molar-refractivity contribution in [1.82, 2.24) is 14.9 Å². The Balaban J connectivity index is 2.30. The van der Waals surface area contributed by atoms with Crippen LogP contribution >= 0.6 is 0 Å². The first-order chi connectivity index (χ1) is 6.79. The van der Waals surface area contributed by atoms with Crippen LogP contribution in [0.5, 0.6) is 0 Å². The largest absolute Gasteiger partial charge is 0.359 e. The van der Waals surface area contributed by atoms with Crippen molar-refractivity contribution in [3.05, 3.63) is 36.2 Å². The molecule has 0 radical (unpaired) electrons. The van der Waals surface area contributed by atoms with Crippen LogP contribution < -0.4 is 5.32 Å². The summed E-state index contributed by atoms with van der Waals surface area (Å²) in [6.07, 6.45) is 4.00. The summed E-state index contributed by atoms with van der Waals surface area (Å²) in [4.78, 5) is 11.1. The first-order valence-corrected chi connectivity index (χ1v) is 4.42. The van der Waals surface area contributed by atoms with Crippen LogP contribution in [-0.2, 0) is 11.2 Å².